The van der Waals surface area contributed by atoms with E-state index < -0.39 is 0 Å². The monoisotopic (exact) mass is 400 g/mol. The van der Waals surface area contributed by atoms with Crippen molar-refractivity contribution in [2.24, 2.45) is 0 Å². The van der Waals surface area contributed by atoms with Gasteiger partial charge in [-0.05, 0) is 60.7 Å². The van der Waals surface area contributed by atoms with Crippen LogP contribution >= 0.6 is 0 Å². The van der Waals surface area contributed by atoms with E-state index in [0.717, 1.165) is 17.2 Å². The number of phenols is 1. The van der Waals surface area contributed by atoms with E-state index in [1.54, 1.807) is 24.3 Å². The van der Waals surface area contributed by atoms with Crippen molar-refractivity contribution in [2.45, 2.75) is 0 Å². The van der Waals surface area contributed by atoms with Crippen molar-refractivity contribution in [1.82, 2.24) is 0 Å². The molecule has 0 atom stereocenters. The van der Waals surface area contributed by atoms with Gasteiger partial charge in [-0.1, -0.05) is 54.6 Å². The Morgan fingerprint density at radius 1 is 0.433 bits per heavy atom. The molecule has 4 heteroatoms. The first kappa shape index (κ1) is 20.8. The third-order valence-electron chi connectivity index (χ3n) is 3.92. The van der Waals surface area contributed by atoms with Crippen molar-refractivity contribution >= 4 is 0 Å². The fourth-order valence-corrected chi connectivity index (χ4v) is 2.49. The highest BCUT2D eigenvalue weighted by atomic mass is 16.5. The molecule has 0 spiro atoms. The van der Waals surface area contributed by atoms with Gasteiger partial charge < -0.3 is 19.3 Å². The second-order valence-electron chi connectivity index (χ2n) is 6.23. The molecule has 4 nitrogen and oxygen atoms in total. The summed E-state index contributed by atoms with van der Waals surface area (Å²) in [6, 6.07) is 35.6. The van der Waals surface area contributed by atoms with Crippen molar-refractivity contribution in [2.75, 3.05) is 13.2 Å². The summed E-state index contributed by atoms with van der Waals surface area (Å²) in [5.74, 6) is 3.50. The largest absolute Gasteiger partial charge is 0.508 e. The summed E-state index contributed by atoms with van der Waals surface area (Å²) < 4.78 is 16.5. The van der Waals surface area contributed by atoms with Crippen LogP contribution in [0.1, 0.15) is 0 Å². The summed E-state index contributed by atoms with van der Waals surface area (Å²) in [6.45, 7) is 1.11. The first-order chi connectivity index (χ1) is 14.8. The maximum absolute atomic E-state index is 9.07. The molecule has 0 fully saturated rings. The lowest BCUT2D eigenvalue weighted by Crippen LogP contribution is -2.08. The standard InChI is InChI=1S/C14H14O2.C12H10O2/c1-3-7-13(8-4-1)15-11-12-16-14-9-5-2-6-10-14;13-10-6-8-12(9-7-10)14-11-4-2-1-3-5-11/h1-10H,11-12H2;1-9,13H. The molecule has 0 saturated heterocycles. The predicted molar refractivity (Wildman–Crippen MR) is 118 cm³/mol. The number of hydrogen-bond donors (Lipinski definition) is 1. The van der Waals surface area contributed by atoms with Crippen LogP contribution in [0.15, 0.2) is 115 Å². The third kappa shape index (κ3) is 7.60. The molecule has 0 heterocycles. The Morgan fingerprint density at radius 3 is 1.23 bits per heavy atom. The number of aromatic hydroxyl groups is 1. The van der Waals surface area contributed by atoms with Gasteiger partial charge in [-0.15, -0.1) is 0 Å². The molecule has 0 saturated carbocycles. The average molecular weight is 400 g/mol. The van der Waals surface area contributed by atoms with Gasteiger partial charge in [0.1, 0.15) is 42.0 Å². The zero-order valence-electron chi connectivity index (χ0n) is 16.6. The number of para-hydroxylation sites is 3. The molecule has 4 aromatic rings. The number of rotatable bonds is 7. The van der Waals surface area contributed by atoms with Gasteiger partial charge in [-0.25, -0.2) is 0 Å². The van der Waals surface area contributed by atoms with Gasteiger partial charge >= 0.3 is 0 Å². The third-order valence-corrected chi connectivity index (χ3v) is 3.92. The number of benzene rings is 4. The lowest BCUT2D eigenvalue weighted by molar-refractivity contribution is 0.217. The number of ether oxygens (including phenoxy) is 3. The first-order valence-electron chi connectivity index (χ1n) is 9.67. The molecule has 4 rings (SSSR count). The Hall–Kier alpha value is -3.92. The normalized spacial score (nSPS) is 9.73. The molecule has 0 aliphatic carbocycles. The molecule has 0 aliphatic heterocycles. The highest BCUT2D eigenvalue weighted by Gasteiger charge is 1.95. The SMILES string of the molecule is Oc1ccc(Oc2ccccc2)cc1.c1ccc(OCCOc2ccccc2)cc1. The van der Waals surface area contributed by atoms with E-state index in [9.17, 15) is 0 Å². The van der Waals surface area contributed by atoms with E-state index in [4.69, 9.17) is 19.3 Å². The molecule has 0 unspecified atom stereocenters. The lowest BCUT2D eigenvalue weighted by atomic mass is 10.3. The Bertz CT molecular complexity index is 915. The van der Waals surface area contributed by atoms with Crippen molar-refractivity contribution in [3.63, 3.8) is 0 Å². The van der Waals surface area contributed by atoms with E-state index in [0.29, 0.717) is 19.0 Å². The van der Waals surface area contributed by atoms with Crippen molar-refractivity contribution < 1.29 is 19.3 Å². The molecule has 1 N–H and O–H groups in total. The highest BCUT2D eigenvalue weighted by molar-refractivity contribution is 5.34. The quantitative estimate of drug-likeness (QED) is 0.368. The van der Waals surface area contributed by atoms with Gasteiger partial charge in [0.2, 0.25) is 0 Å². The smallest absolute Gasteiger partial charge is 0.127 e. The van der Waals surface area contributed by atoms with E-state index in [2.05, 4.69) is 0 Å². The van der Waals surface area contributed by atoms with E-state index in [1.165, 1.54) is 0 Å². The summed E-state index contributed by atoms with van der Waals surface area (Å²) in [6.07, 6.45) is 0. The Labute approximate surface area is 176 Å². The molecule has 152 valence electrons. The van der Waals surface area contributed by atoms with Gasteiger partial charge in [-0.3, -0.25) is 0 Å². The van der Waals surface area contributed by atoms with Gasteiger partial charge in [0.25, 0.3) is 0 Å². The summed E-state index contributed by atoms with van der Waals surface area (Å²) in [5, 5.41) is 9.07. The van der Waals surface area contributed by atoms with Crippen LogP contribution in [-0.4, -0.2) is 18.3 Å². The molecule has 0 bridgehead atoms. The fraction of sp³-hybridized carbons (Fsp3) is 0.0769. The Morgan fingerprint density at radius 2 is 0.800 bits per heavy atom. The minimum atomic E-state index is 0.241. The van der Waals surface area contributed by atoms with Gasteiger partial charge in [0.15, 0.2) is 0 Å². The molecule has 0 radical (unpaired) electrons. The van der Waals surface area contributed by atoms with Gasteiger partial charge in [-0.2, -0.15) is 0 Å². The summed E-state index contributed by atoms with van der Waals surface area (Å²) >= 11 is 0. The molecule has 30 heavy (non-hydrogen) atoms. The van der Waals surface area contributed by atoms with Gasteiger partial charge in [0.05, 0.1) is 0 Å². The van der Waals surface area contributed by atoms with Crippen molar-refractivity contribution in [3.8, 4) is 28.7 Å². The summed E-state index contributed by atoms with van der Waals surface area (Å²) in [4.78, 5) is 0. The molecular weight excluding hydrogens is 376 g/mol. The highest BCUT2D eigenvalue weighted by Crippen LogP contribution is 2.22. The molecule has 0 aliphatic rings. The maximum Gasteiger partial charge on any atom is 0.127 e. The zero-order valence-corrected chi connectivity index (χ0v) is 16.6. The number of hydrogen-bond acceptors (Lipinski definition) is 4. The zero-order chi connectivity index (χ0) is 20.9. The van der Waals surface area contributed by atoms with Crippen LogP contribution in [-0.2, 0) is 0 Å². The first-order valence-corrected chi connectivity index (χ1v) is 9.67. The van der Waals surface area contributed by atoms with E-state index in [1.807, 2.05) is 91.0 Å². The van der Waals surface area contributed by atoms with Crippen molar-refractivity contribution in [1.29, 1.82) is 0 Å². The molecule has 4 aromatic carbocycles. The van der Waals surface area contributed by atoms with Crippen LogP contribution in [0.2, 0.25) is 0 Å². The van der Waals surface area contributed by atoms with Crippen LogP contribution in [0.4, 0.5) is 0 Å². The van der Waals surface area contributed by atoms with Gasteiger partial charge in [0, 0.05) is 0 Å². The molecule has 0 amide bonds. The fourth-order valence-electron chi connectivity index (χ4n) is 2.49. The topological polar surface area (TPSA) is 47.9 Å². The van der Waals surface area contributed by atoms with Crippen LogP contribution in [0.25, 0.3) is 0 Å². The van der Waals surface area contributed by atoms with E-state index in [-0.39, 0.29) is 5.75 Å². The second-order valence-corrected chi connectivity index (χ2v) is 6.23. The Balaban J connectivity index is 0.000000172. The van der Waals surface area contributed by atoms with Crippen LogP contribution in [0, 0.1) is 0 Å². The minimum Gasteiger partial charge on any atom is -0.508 e. The predicted octanol–water partition coefficient (Wildman–Crippen LogP) is 6.33. The molecular formula is C26H24O4. The average Bonchev–Trinajstić information content (AvgIpc) is 2.81. The number of phenolic OH excluding ortho intramolecular Hbond substituents is 1. The van der Waals surface area contributed by atoms with Crippen molar-refractivity contribution in [3.05, 3.63) is 115 Å². The molecule has 0 aromatic heterocycles. The minimum absolute atomic E-state index is 0.241. The van der Waals surface area contributed by atoms with Crippen LogP contribution in [0.5, 0.6) is 28.7 Å². The van der Waals surface area contributed by atoms with Crippen LogP contribution < -0.4 is 14.2 Å². The lowest BCUT2D eigenvalue weighted by Gasteiger charge is -2.07. The van der Waals surface area contributed by atoms with E-state index >= 15 is 0 Å². The maximum atomic E-state index is 9.07. The summed E-state index contributed by atoms with van der Waals surface area (Å²) in [5.41, 5.74) is 0. The second kappa shape index (κ2) is 11.8. The Kier molecular flexibility index (Phi) is 8.20. The van der Waals surface area contributed by atoms with Crippen LogP contribution in [0.3, 0.4) is 0 Å². The summed E-state index contributed by atoms with van der Waals surface area (Å²) in [7, 11) is 0.